The van der Waals surface area contributed by atoms with Crippen molar-refractivity contribution in [3.63, 3.8) is 0 Å². The van der Waals surface area contributed by atoms with Crippen LogP contribution < -0.4 is 4.90 Å². The summed E-state index contributed by atoms with van der Waals surface area (Å²) in [6, 6.07) is 4.37. The molecule has 0 saturated heterocycles. The van der Waals surface area contributed by atoms with Gasteiger partial charge in [-0.05, 0) is 32.1 Å². The third kappa shape index (κ3) is 4.72. The van der Waals surface area contributed by atoms with Gasteiger partial charge in [0.05, 0.1) is 12.0 Å². The van der Waals surface area contributed by atoms with Gasteiger partial charge in [-0.25, -0.2) is 0 Å². The first kappa shape index (κ1) is 24.7. The van der Waals surface area contributed by atoms with Crippen molar-refractivity contribution in [3.05, 3.63) is 58.8 Å². The van der Waals surface area contributed by atoms with E-state index >= 15 is 0 Å². The predicted molar refractivity (Wildman–Crippen MR) is 122 cm³/mol. The summed E-state index contributed by atoms with van der Waals surface area (Å²) in [6.07, 6.45) is 2.83. The van der Waals surface area contributed by atoms with Gasteiger partial charge in [0.25, 0.3) is 0 Å². The Hall–Kier alpha value is -3.92. The van der Waals surface area contributed by atoms with Crippen LogP contribution in [0, 0.1) is 0 Å². The number of hydrogen-bond acceptors (Lipinski definition) is 8. The highest BCUT2D eigenvalue weighted by molar-refractivity contribution is 6.19. The number of allylic oxidation sites excluding steroid dienone is 4. The van der Waals surface area contributed by atoms with Crippen molar-refractivity contribution in [2.24, 2.45) is 0 Å². The lowest BCUT2D eigenvalue weighted by molar-refractivity contribution is -0.138. The van der Waals surface area contributed by atoms with Crippen molar-refractivity contribution in [3.8, 4) is 5.75 Å². The molecule has 4 N–H and O–H groups in total. The van der Waals surface area contributed by atoms with Crippen molar-refractivity contribution < 1.29 is 39.6 Å². The van der Waals surface area contributed by atoms with Crippen LogP contribution in [0.3, 0.4) is 0 Å². The maximum Gasteiger partial charge on any atom is 0.323 e. The second kappa shape index (κ2) is 9.92. The highest BCUT2D eigenvalue weighted by Gasteiger charge is 2.48. The summed E-state index contributed by atoms with van der Waals surface area (Å²) < 4.78 is 0. The fourth-order valence-electron chi connectivity index (χ4n) is 4.15. The fraction of sp³-hybridized carbons (Fsp3) is 0.333. The van der Waals surface area contributed by atoms with E-state index in [1.807, 2.05) is 0 Å². The molecule has 10 nitrogen and oxygen atoms in total. The number of benzene rings is 1. The van der Waals surface area contributed by atoms with E-state index in [-0.39, 0.29) is 35.5 Å². The number of carbonyl (C=O) groups is 4. The molecule has 180 valence electrons. The van der Waals surface area contributed by atoms with Gasteiger partial charge in [-0.1, -0.05) is 6.07 Å². The van der Waals surface area contributed by atoms with E-state index in [1.54, 1.807) is 19.9 Å². The Morgan fingerprint density at radius 3 is 2.09 bits per heavy atom. The summed E-state index contributed by atoms with van der Waals surface area (Å²) in [4.78, 5) is 50.6. The molecule has 1 aromatic rings. The lowest BCUT2D eigenvalue weighted by atomic mass is 9.68. The van der Waals surface area contributed by atoms with Gasteiger partial charge < -0.3 is 30.2 Å². The van der Waals surface area contributed by atoms with E-state index in [2.05, 4.69) is 0 Å². The third-order valence-corrected chi connectivity index (χ3v) is 5.91. The fourth-order valence-corrected chi connectivity index (χ4v) is 4.15. The molecule has 0 heterocycles. The smallest absolute Gasteiger partial charge is 0.323 e. The lowest BCUT2D eigenvalue weighted by Crippen LogP contribution is -2.44. The zero-order valence-electron chi connectivity index (χ0n) is 18.8. The number of phenols is 1. The van der Waals surface area contributed by atoms with Crippen LogP contribution in [0.15, 0.2) is 53.3 Å². The normalized spacial score (nSPS) is 21.7. The topological polar surface area (TPSA) is 156 Å². The number of anilines is 1. The first-order valence-electron chi connectivity index (χ1n) is 10.8. The monoisotopic (exact) mass is 470 g/mol. The maximum absolute atomic E-state index is 12.9. The van der Waals surface area contributed by atoms with Crippen LogP contribution in [-0.4, -0.2) is 81.1 Å². The van der Waals surface area contributed by atoms with Crippen LogP contribution in [0.25, 0.3) is 0 Å². The second-order valence-corrected chi connectivity index (χ2v) is 7.94. The van der Waals surface area contributed by atoms with E-state index < -0.39 is 35.5 Å². The molecule has 0 radical (unpaired) electrons. The maximum atomic E-state index is 12.9. The molecule has 0 aliphatic heterocycles. The number of nitrogens with zero attached hydrogens (tertiary/aromatic N) is 2. The Morgan fingerprint density at radius 1 is 0.971 bits per heavy atom. The number of aliphatic hydroxyl groups is 1. The summed E-state index contributed by atoms with van der Waals surface area (Å²) in [5, 5.41) is 39.2. The first-order valence-corrected chi connectivity index (χ1v) is 10.8. The molecular formula is C24H26N2O8. The molecule has 1 aromatic carbocycles. The van der Waals surface area contributed by atoms with Crippen molar-refractivity contribution in [2.75, 3.05) is 31.1 Å². The quantitative estimate of drug-likeness (QED) is 0.385. The molecule has 2 atom stereocenters. The van der Waals surface area contributed by atoms with Crippen molar-refractivity contribution in [1.82, 2.24) is 4.90 Å². The summed E-state index contributed by atoms with van der Waals surface area (Å²) in [5.41, 5.74) is 0.994. The lowest BCUT2D eigenvalue weighted by Gasteiger charge is -2.36. The highest BCUT2D eigenvalue weighted by atomic mass is 16.4. The van der Waals surface area contributed by atoms with Crippen LogP contribution in [0.5, 0.6) is 5.75 Å². The zero-order chi connectivity index (χ0) is 25.2. The average Bonchev–Trinajstić information content (AvgIpc) is 2.78. The summed E-state index contributed by atoms with van der Waals surface area (Å²) in [7, 11) is 0. The van der Waals surface area contributed by atoms with E-state index in [0.717, 1.165) is 0 Å². The van der Waals surface area contributed by atoms with Crippen LogP contribution >= 0.6 is 0 Å². The van der Waals surface area contributed by atoms with Crippen LogP contribution in [0.1, 0.15) is 25.3 Å². The largest absolute Gasteiger partial charge is 0.508 e. The number of aliphatic hydroxyl groups excluding tert-OH is 1. The van der Waals surface area contributed by atoms with Crippen LogP contribution in [0.4, 0.5) is 5.69 Å². The number of carbonyl (C=O) groups excluding carboxylic acids is 2. The summed E-state index contributed by atoms with van der Waals surface area (Å²) in [6.45, 7) is 3.72. The van der Waals surface area contributed by atoms with Gasteiger partial charge in [-0.15, -0.1) is 0 Å². The van der Waals surface area contributed by atoms with Gasteiger partial charge >= 0.3 is 11.9 Å². The molecule has 2 aliphatic carbocycles. The molecule has 1 fully saturated rings. The number of aromatic hydroxyl groups is 1. The van der Waals surface area contributed by atoms with Crippen molar-refractivity contribution in [1.29, 1.82) is 0 Å². The number of phenolic OH excluding ortho intramolecular Hbond substituents is 1. The number of carboxylic acid groups (broad SMARTS) is 2. The molecule has 10 heteroatoms. The molecular weight excluding hydrogens is 444 g/mol. The van der Waals surface area contributed by atoms with E-state index in [9.17, 15) is 29.4 Å². The molecule has 2 aliphatic rings. The third-order valence-electron chi connectivity index (χ3n) is 5.91. The Bertz CT molecular complexity index is 1130. The van der Waals surface area contributed by atoms with E-state index in [1.165, 1.54) is 40.2 Å². The Morgan fingerprint density at radius 2 is 1.59 bits per heavy atom. The number of ketones is 2. The van der Waals surface area contributed by atoms with E-state index in [0.29, 0.717) is 24.5 Å². The number of carboxylic acids is 2. The SMILES string of the molecule is CCN(CC(=O)O)C1=CC(=O)C(=C2C(=O)C(c3ccc(N(CC)CC(=O)O)cc3O)C2O)C=C1. The Labute approximate surface area is 195 Å². The number of likely N-dealkylation sites (N-methyl/N-ethyl adjacent to an activating group) is 2. The predicted octanol–water partition coefficient (Wildman–Crippen LogP) is 1.06. The van der Waals surface area contributed by atoms with Crippen molar-refractivity contribution in [2.45, 2.75) is 25.9 Å². The number of rotatable bonds is 9. The minimum absolute atomic E-state index is 0.0265. The zero-order valence-corrected chi connectivity index (χ0v) is 18.8. The van der Waals surface area contributed by atoms with E-state index in [4.69, 9.17) is 10.2 Å². The molecule has 0 aromatic heterocycles. The number of hydrogen-bond donors (Lipinski definition) is 4. The standard InChI is InChI=1S/C24H26N2O8/c1-3-25(11-19(29)30)13-5-7-15(17(27)9-13)21-23(33)22(24(21)34)16-8-6-14(10-18(16)28)26(4-2)12-20(31)32/h5-10,21,23,27,33H,3-4,11-12H2,1-2H3,(H,29,30)(H,31,32). The average molecular weight is 470 g/mol. The minimum atomic E-state index is -1.31. The molecule has 3 rings (SSSR count). The Kier molecular flexibility index (Phi) is 7.21. The summed E-state index contributed by atoms with van der Waals surface area (Å²) >= 11 is 0. The van der Waals surface area contributed by atoms with Gasteiger partial charge in [0.15, 0.2) is 11.6 Å². The number of Topliss-reactive ketones (excluding diaryl/α,β-unsaturated/α-hetero) is 1. The van der Waals surface area contributed by atoms with Crippen molar-refractivity contribution >= 4 is 29.2 Å². The molecule has 1 saturated carbocycles. The van der Waals surface area contributed by atoms with Crippen LogP contribution in [-0.2, 0) is 19.2 Å². The molecule has 0 bridgehead atoms. The van der Waals surface area contributed by atoms with Gasteiger partial charge in [-0.2, -0.15) is 0 Å². The number of aliphatic carboxylic acids is 2. The molecule has 2 unspecified atom stereocenters. The highest BCUT2D eigenvalue weighted by Crippen LogP contribution is 2.44. The van der Waals surface area contributed by atoms with Gasteiger partial charge in [0, 0.05) is 53.3 Å². The summed E-state index contributed by atoms with van der Waals surface area (Å²) in [5.74, 6) is -4.42. The van der Waals surface area contributed by atoms with Gasteiger partial charge in [0.2, 0.25) is 0 Å². The first-order chi connectivity index (χ1) is 16.1. The van der Waals surface area contributed by atoms with Gasteiger partial charge in [0.1, 0.15) is 18.8 Å². The van der Waals surface area contributed by atoms with Crippen LogP contribution in [0.2, 0.25) is 0 Å². The van der Waals surface area contributed by atoms with Gasteiger partial charge in [-0.3, -0.25) is 19.2 Å². The molecule has 34 heavy (non-hydrogen) atoms. The minimum Gasteiger partial charge on any atom is -0.508 e. The molecule has 0 spiro atoms. The second-order valence-electron chi connectivity index (χ2n) is 7.94. The Balaban J connectivity index is 1.83. The molecule has 0 amide bonds.